The number of carboxylic acid groups (broad SMARTS) is 1. The summed E-state index contributed by atoms with van der Waals surface area (Å²) < 4.78 is 79.7. The molecule has 1 unspecified atom stereocenters. The van der Waals surface area contributed by atoms with Gasteiger partial charge in [-0.15, -0.1) is 0 Å². The van der Waals surface area contributed by atoms with Crippen LogP contribution in [0.15, 0.2) is 60.7 Å². The van der Waals surface area contributed by atoms with E-state index in [1.165, 1.54) is 24.3 Å². The number of carboxylic acids is 1. The first-order valence-electron chi connectivity index (χ1n) is 14.3. The summed E-state index contributed by atoms with van der Waals surface area (Å²) in [6.45, 7) is 6.51. The van der Waals surface area contributed by atoms with Crippen molar-refractivity contribution >= 4 is 17.5 Å². The van der Waals surface area contributed by atoms with Crippen LogP contribution in [0.1, 0.15) is 62.1 Å². The Bertz CT molecular complexity index is 1370. The number of pyridine rings is 1. The molecule has 11 heteroatoms. The lowest BCUT2D eigenvalue weighted by Crippen LogP contribution is -2.36. The molecule has 0 bridgehead atoms. The van der Waals surface area contributed by atoms with E-state index in [1.807, 2.05) is 13.8 Å². The summed E-state index contributed by atoms with van der Waals surface area (Å²) in [7, 11) is 0. The van der Waals surface area contributed by atoms with E-state index >= 15 is 0 Å². The summed E-state index contributed by atoms with van der Waals surface area (Å²) in [5.41, 5.74) is -0.162. The molecule has 1 aliphatic heterocycles. The van der Waals surface area contributed by atoms with Crippen LogP contribution in [0, 0.1) is 5.92 Å². The lowest BCUT2D eigenvalue weighted by atomic mass is 9.89. The number of nitrogens with zero attached hydrogens (tertiary/aromatic N) is 3. The van der Waals surface area contributed by atoms with E-state index in [4.69, 9.17) is 4.98 Å². The first-order chi connectivity index (χ1) is 20.2. The molecule has 0 spiro atoms. The zero-order valence-electron chi connectivity index (χ0n) is 24.0. The van der Waals surface area contributed by atoms with Crippen molar-refractivity contribution in [1.82, 2.24) is 9.88 Å². The number of hydrogen-bond donors (Lipinski definition) is 1. The topological polar surface area (TPSA) is 56.7 Å². The number of carbonyl (C=O) groups is 1. The number of piperidine rings is 1. The first-order valence-corrected chi connectivity index (χ1v) is 14.3. The number of aromatic nitrogens is 1. The van der Waals surface area contributed by atoms with E-state index in [0.717, 1.165) is 56.6 Å². The predicted octanol–water partition coefficient (Wildman–Crippen LogP) is 8.62. The largest absolute Gasteiger partial charge is 0.481 e. The van der Waals surface area contributed by atoms with E-state index in [-0.39, 0.29) is 11.6 Å². The Balaban J connectivity index is 1.83. The van der Waals surface area contributed by atoms with Crippen LogP contribution in [0.2, 0.25) is 0 Å². The van der Waals surface area contributed by atoms with E-state index in [0.29, 0.717) is 42.1 Å². The molecule has 1 atom stereocenters. The van der Waals surface area contributed by atoms with Crippen LogP contribution in [-0.4, -0.2) is 47.1 Å². The molecule has 232 valence electrons. The third-order valence-electron chi connectivity index (χ3n) is 7.62. The third kappa shape index (κ3) is 8.49. The lowest BCUT2D eigenvalue weighted by Gasteiger charge is -2.31. The van der Waals surface area contributed by atoms with Crippen molar-refractivity contribution in [3.05, 3.63) is 77.4 Å². The molecule has 1 aliphatic rings. The van der Waals surface area contributed by atoms with Crippen LogP contribution in [0.5, 0.6) is 0 Å². The fourth-order valence-corrected chi connectivity index (χ4v) is 5.34. The zero-order valence-corrected chi connectivity index (χ0v) is 24.0. The monoisotopic (exact) mass is 607 g/mol. The summed E-state index contributed by atoms with van der Waals surface area (Å²) in [5, 5.41) is 10.1. The number of halogens is 6. The van der Waals surface area contributed by atoms with Gasteiger partial charge in [-0.1, -0.05) is 32.4 Å². The second-order valence-corrected chi connectivity index (χ2v) is 11.3. The van der Waals surface area contributed by atoms with Crippen LogP contribution in [0.4, 0.5) is 37.8 Å². The predicted molar refractivity (Wildman–Crippen MR) is 153 cm³/mol. The van der Waals surface area contributed by atoms with Gasteiger partial charge in [-0.2, -0.15) is 26.3 Å². The molecule has 1 N–H and O–H groups in total. The molecule has 1 fully saturated rings. The van der Waals surface area contributed by atoms with Gasteiger partial charge in [-0.05, 0) is 92.4 Å². The lowest BCUT2D eigenvalue weighted by molar-refractivity contribution is -0.139. The maximum atomic E-state index is 13.3. The molecule has 0 amide bonds. The molecule has 3 aromatic rings. The Morgan fingerprint density at radius 1 is 0.884 bits per heavy atom. The molecule has 0 saturated carbocycles. The quantitative estimate of drug-likeness (QED) is 0.234. The van der Waals surface area contributed by atoms with Crippen molar-refractivity contribution in [3.63, 3.8) is 0 Å². The van der Waals surface area contributed by atoms with Gasteiger partial charge in [0.05, 0.1) is 22.7 Å². The molecule has 0 radical (unpaired) electrons. The number of benzene rings is 2. The highest BCUT2D eigenvalue weighted by Gasteiger charge is 2.32. The Morgan fingerprint density at radius 3 is 1.95 bits per heavy atom. The van der Waals surface area contributed by atoms with Crippen molar-refractivity contribution in [2.75, 3.05) is 31.1 Å². The summed E-state index contributed by atoms with van der Waals surface area (Å²) in [6, 6.07) is 12.3. The molecular weight excluding hydrogens is 572 g/mol. The number of alkyl halides is 6. The molecule has 1 aromatic heterocycles. The number of aliphatic carboxylic acids is 1. The van der Waals surface area contributed by atoms with E-state index in [9.17, 15) is 36.2 Å². The van der Waals surface area contributed by atoms with Gasteiger partial charge < -0.3 is 14.9 Å². The Hall–Kier alpha value is -3.60. The fraction of sp³-hybridized carbons (Fsp3) is 0.438. The molecule has 2 heterocycles. The van der Waals surface area contributed by atoms with E-state index < -0.39 is 35.4 Å². The smallest absolute Gasteiger partial charge is 0.416 e. The molecule has 43 heavy (non-hydrogen) atoms. The molecular formula is C32H35F6N3O2. The molecule has 4 rings (SSSR count). The zero-order chi connectivity index (χ0) is 31.4. The molecule has 2 aromatic carbocycles. The van der Waals surface area contributed by atoms with E-state index in [2.05, 4.69) is 4.90 Å². The number of anilines is 2. The summed E-state index contributed by atoms with van der Waals surface area (Å²) in [6.07, 6.45) is -5.52. The van der Waals surface area contributed by atoms with Crippen LogP contribution in [0.25, 0.3) is 11.3 Å². The van der Waals surface area contributed by atoms with Crippen LogP contribution in [0.3, 0.4) is 0 Å². The van der Waals surface area contributed by atoms with Gasteiger partial charge in [0.1, 0.15) is 5.82 Å². The van der Waals surface area contributed by atoms with Gasteiger partial charge in [0.15, 0.2) is 0 Å². The van der Waals surface area contributed by atoms with Gasteiger partial charge >= 0.3 is 18.3 Å². The van der Waals surface area contributed by atoms with Gasteiger partial charge in [0.2, 0.25) is 0 Å². The Morgan fingerprint density at radius 2 is 1.44 bits per heavy atom. The minimum atomic E-state index is -4.53. The average Bonchev–Trinajstić information content (AvgIpc) is 2.95. The van der Waals surface area contributed by atoms with E-state index in [1.54, 1.807) is 17.0 Å². The molecule has 1 saturated heterocycles. The minimum absolute atomic E-state index is 0.0253. The average molecular weight is 608 g/mol. The Kier molecular flexibility index (Phi) is 10.0. The molecule has 5 nitrogen and oxygen atoms in total. The Labute approximate surface area is 247 Å². The number of hydrogen-bond acceptors (Lipinski definition) is 4. The maximum Gasteiger partial charge on any atom is 0.416 e. The van der Waals surface area contributed by atoms with Crippen molar-refractivity contribution in [2.24, 2.45) is 5.92 Å². The first kappa shape index (κ1) is 32.3. The summed E-state index contributed by atoms with van der Waals surface area (Å²) in [5.74, 6) is -1.65. The van der Waals surface area contributed by atoms with Crippen molar-refractivity contribution in [2.45, 2.75) is 57.8 Å². The van der Waals surface area contributed by atoms with Gasteiger partial charge in [-0.25, -0.2) is 4.98 Å². The van der Waals surface area contributed by atoms with Gasteiger partial charge in [0.25, 0.3) is 0 Å². The minimum Gasteiger partial charge on any atom is -0.481 e. The second-order valence-electron chi connectivity index (χ2n) is 11.3. The normalized spacial score (nSPS) is 15.5. The third-order valence-corrected chi connectivity index (χ3v) is 7.62. The van der Waals surface area contributed by atoms with Crippen LogP contribution in [-0.2, 0) is 17.1 Å². The summed E-state index contributed by atoms with van der Waals surface area (Å²) in [4.78, 5) is 21.1. The van der Waals surface area contributed by atoms with Gasteiger partial charge in [-0.3, -0.25) is 4.79 Å². The van der Waals surface area contributed by atoms with Crippen molar-refractivity contribution < 1.29 is 36.2 Å². The molecule has 0 aliphatic carbocycles. The van der Waals surface area contributed by atoms with Crippen molar-refractivity contribution in [3.8, 4) is 11.3 Å². The summed E-state index contributed by atoms with van der Waals surface area (Å²) >= 11 is 0. The maximum absolute atomic E-state index is 13.3. The highest BCUT2D eigenvalue weighted by molar-refractivity contribution is 5.78. The standard InChI is InChI=1S/C32H35F6N3O2/c1-21(2)18-27(30(42)43)23-19-28(22-6-8-24(9-7-22)31(33,34)35)39-29(20-23)41(17-16-40-14-4-3-5-15-40)26-12-10-25(11-13-26)32(36,37)38/h6-13,19-21,27H,3-5,14-18H2,1-2H3,(H,42,43). The number of rotatable bonds is 10. The van der Waals surface area contributed by atoms with Crippen molar-refractivity contribution in [1.29, 1.82) is 0 Å². The highest BCUT2D eigenvalue weighted by atomic mass is 19.4. The second kappa shape index (κ2) is 13.4. The van der Waals surface area contributed by atoms with Gasteiger partial charge in [0, 0.05) is 24.3 Å². The fourth-order valence-electron chi connectivity index (χ4n) is 5.34. The SMILES string of the molecule is CC(C)CC(C(=O)O)c1cc(-c2ccc(C(F)(F)F)cc2)nc(N(CCN2CCCCC2)c2ccc(C(F)(F)F)cc2)c1. The highest BCUT2D eigenvalue weighted by Crippen LogP contribution is 2.36. The van der Waals surface area contributed by atoms with Crippen LogP contribution >= 0.6 is 0 Å². The van der Waals surface area contributed by atoms with Crippen LogP contribution < -0.4 is 4.90 Å². The number of likely N-dealkylation sites (tertiary alicyclic amines) is 1.